The van der Waals surface area contributed by atoms with Gasteiger partial charge < -0.3 is 10.6 Å². The molecule has 0 amide bonds. The fraction of sp³-hybridized carbons (Fsp3) is 1.00. The smallest absolute Gasteiger partial charge is 0.0542 e. The van der Waals surface area contributed by atoms with E-state index >= 15 is 0 Å². The standard InChI is InChI=1S/C10H21N3/c1-9(11)13-5-3-10(4-6-13)7-12(2)8-10/h9H,3-8,11H2,1-2H3. The molecule has 0 saturated carbocycles. The summed E-state index contributed by atoms with van der Waals surface area (Å²) in [5, 5.41) is 0. The molecule has 1 spiro atoms. The third-order valence-corrected chi connectivity index (χ3v) is 3.65. The van der Waals surface area contributed by atoms with E-state index in [9.17, 15) is 0 Å². The maximum atomic E-state index is 5.86. The summed E-state index contributed by atoms with van der Waals surface area (Å²) in [6.07, 6.45) is 2.94. The molecule has 0 bridgehead atoms. The number of likely N-dealkylation sites (tertiary alicyclic amines) is 2. The Morgan fingerprint density at radius 1 is 1.23 bits per heavy atom. The van der Waals surface area contributed by atoms with Gasteiger partial charge in [0.05, 0.1) is 6.17 Å². The van der Waals surface area contributed by atoms with Crippen LogP contribution < -0.4 is 5.73 Å². The van der Waals surface area contributed by atoms with Crippen LogP contribution in [0.5, 0.6) is 0 Å². The van der Waals surface area contributed by atoms with Crippen LogP contribution in [0, 0.1) is 5.41 Å². The van der Waals surface area contributed by atoms with E-state index in [1.54, 1.807) is 0 Å². The maximum Gasteiger partial charge on any atom is 0.0542 e. The highest BCUT2D eigenvalue weighted by Crippen LogP contribution is 2.39. The first-order chi connectivity index (χ1) is 6.11. The van der Waals surface area contributed by atoms with Crippen molar-refractivity contribution in [3.63, 3.8) is 0 Å². The Labute approximate surface area is 80.9 Å². The minimum absolute atomic E-state index is 0.246. The Morgan fingerprint density at radius 3 is 2.15 bits per heavy atom. The lowest BCUT2D eigenvalue weighted by Crippen LogP contribution is -2.60. The summed E-state index contributed by atoms with van der Waals surface area (Å²) in [4.78, 5) is 4.81. The average Bonchev–Trinajstić information content (AvgIpc) is 2.03. The molecule has 2 aliphatic rings. The summed E-state index contributed by atoms with van der Waals surface area (Å²) < 4.78 is 0. The third-order valence-electron chi connectivity index (χ3n) is 3.65. The van der Waals surface area contributed by atoms with Gasteiger partial charge in [-0.2, -0.15) is 0 Å². The fourth-order valence-electron chi connectivity index (χ4n) is 2.82. The summed E-state index contributed by atoms with van der Waals surface area (Å²) in [7, 11) is 2.21. The summed E-state index contributed by atoms with van der Waals surface area (Å²) >= 11 is 0. The van der Waals surface area contributed by atoms with Crippen molar-refractivity contribution in [1.82, 2.24) is 9.80 Å². The Morgan fingerprint density at radius 2 is 1.77 bits per heavy atom. The highest BCUT2D eigenvalue weighted by atomic mass is 15.2. The van der Waals surface area contributed by atoms with E-state index in [-0.39, 0.29) is 6.17 Å². The first kappa shape index (κ1) is 9.44. The van der Waals surface area contributed by atoms with Gasteiger partial charge in [-0.05, 0) is 32.2 Å². The van der Waals surface area contributed by atoms with E-state index in [0.717, 1.165) is 0 Å². The molecule has 2 aliphatic heterocycles. The predicted octanol–water partition coefficient (Wildman–Crippen LogP) is 0.319. The minimum atomic E-state index is 0.246. The maximum absolute atomic E-state index is 5.86. The zero-order valence-electron chi connectivity index (χ0n) is 8.79. The third kappa shape index (κ3) is 1.73. The Bertz CT molecular complexity index is 175. The minimum Gasteiger partial charge on any atom is -0.316 e. The van der Waals surface area contributed by atoms with Crippen molar-refractivity contribution in [2.24, 2.45) is 11.1 Å². The van der Waals surface area contributed by atoms with E-state index in [2.05, 4.69) is 23.8 Å². The normalized spacial score (nSPS) is 31.6. The zero-order chi connectivity index (χ0) is 9.47. The second-order valence-electron chi connectivity index (χ2n) is 4.95. The van der Waals surface area contributed by atoms with Crippen LogP contribution in [0.4, 0.5) is 0 Å². The molecule has 1 atom stereocenters. The highest BCUT2D eigenvalue weighted by Gasteiger charge is 2.43. The Kier molecular flexibility index (Phi) is 2.34. The molecule has 13 heavy (non-hydrogen) atoms. The molecule has 0 aromatic heterocycles. The topological polar surface area (TPSA) is 32.5 Å². The molecule has 0 aliphatic carbocycles. The number of piperidine rings is 1. The quantitative estimate of drug-likeness (QED) is 0.635. The van der Waals surface area contributed by atoms with Gasteiger partial charge in [-0.15, -0.1) is 0 Å². The highest BCUT2D eigenvalue weighted by molar-refractivity contribution is 4.97. The predicted molar refractivity (Wildman–Crippen MR) is 54.4 cm³/mol. The molecule has 2 N–H and O–H groups in total. The summed E-state index contributed by atoms with van der Waals surface area (Å²) in [6, 6.07) is 0. The van der Waals surface area contributed by atoms with Crippen molar-refractivity contribution in [2.45, 2.75) is 25.9 Å². The monoisotopic (exact) mass is 183 g/mol. The van der Waals surface area contributed by atoms with Crippen LogP contribution in [-0.4, -0.2) is 49.2 Å². The summed E-state index contributed by atoms with van der Waals surface area (Å²) in [6.45, 7) is 7.10. The van der Waals surface area contributed by atoms with Crippen LogP contribution in [0.2, 0.25) is 0 Å². The fourth-order valence-corrected chi connectivity index (χ4v) is 2.82. The largest absolute Gasteiger partial charge is 0.316 e. The molecule has 2 heterocycles. The number of nitrogens with zero attached hydrogens (tertiary/aromatic N) is 2. The lowest BCUT2D eigenvalue weighted by atomic mass is 9.72. The van der Waals surface area contributed by atoms with Crippen molar-refractivity contribution in [2.75, 3.05) is 33.2 Å². The van der Waals surface area contributed by atoms with Crippen molar-refractivity contribution < 1.29 is 0 Å². The molecule has 1 unspecified atom stereocenters. The zero-order valence-corrected chi connectivity index (χ0v) is 8.79. The van der Waals surface area contributed by atoms with Crippen molar-refractivity contribution in [3.8, 4) is 0 Å². The summed E-state index contributed by atoms with van der Waals surface area (Å²) in [5.41, 5.74) is 6.52. The molecule has 0 aromatic carbocycles. The van der Waals surface area contributed by atoms with Gasteiger partial charge in [0, 0.05) is 26.2 Å². The number of nitrogens with two attached hydrogens (primary N) is 1. The molecule has 3 nitrogen and oxygen atoms in total. The van der Waals surface area contributed by atoms with Crippen molar-refractivity contribution >= 4 is 0 Å². The molecule has 76 valence electrons. The number of rotatable bonds is 1. The van der Waals surface area contributed by atoms with Crippen LogP contribution in [0.1, 0.15) is 19.8 Å². The first-order valence-electron chi connectivity index (χ1n) is 5.30. The molecular weight excluding hydrogens is 162 g/mol. The van der Waals surface area contributed by atoms with E-state index in [1.165, 1.54) is 39.0 Å². The number of hydrogen-bond acceptors (Lipinski definition) is 3. The van der Waals surface area contributed by atoms with E-state index < -0.39 is 0 Å². The van der Waals surface area contributed by atoms with Crippen molar-refractivity contribution in [1.29, 1.82) is 0 Å². The van der Waals surface area contributed by atoms with Gasteiger partial charge in [-0.1, -0.05) is 0 Å². The van der Waals surface area contributed by atoms with Gasteiger partial charge >= 0.3 is 0 Å². The molecular formula is C10H21N3. The van der Waals surface area contributed by atoms with Crippen LogP contribution in [0.15, 0.2) is 0 Å². The van der Waals surface area contributed by atoms with Gasteiger partial charge in [0.1, 0.15) is 0 Å². The van der Waals surface area contributed by atoms with E-state index in [4.69, 9.17) is 5.73 Å². The van der Waals surface area contributed by atoms with Gasteiger partial charge in [-0.25, -0.2) is 0 Å². The molecule has 2 saturated heterocycles. The Hall–Kier alpha value is -0.120. The van der Waals surface area contributed by atoms with Crippen LogP contribution in [0.3, 0.4) is 0 Å². The number of hydrogen-bond donors (Lipinski definition) is 1. The van der Waals surface area contributed by atoms with Crippen LogP contribution in [0.25, 0.3) is 0 Å². The molecule has 2 rings (SSSR count). The second-order valence-corrected chi connectivity index (χ2v) is 4.95. The average molecular weight is 183 g/mol. The van der Waals surface area contributed by atoms with E-state index in [1.807, 2.05) is 0 Å². The van der Waals surface area contributed by atoms with Crippen LogP contribution in [-0.2, 0) is 0 Å². The Balaban J connectivity index is 1.83. The molecule has 0 radical (unpaired) electrons. The van der Waals surface area contributed by atoms with Gasteiger partial charge in [0.15, 0.2) is 0 Å². The van der Waals surface area contributed by atoms with Gasteiger partial charge in [0.25, 0.3) is 0 Å². The summed E-state index contributed by atoms with van der Waals surface area (Å²) in [5.74, 6) is 0. The van der Waals surface area contributed by atoms with E-state index in [0.29, 0.717) is 5.41 Å². The van der Waals surface area contributed by atoms with Gasteiger partial charge in [-0.3, -0.25) is 4.90 Å². The molecule has 2 fully saturated rings. The SMILES string of the molecule is CC(N)N1CCC2(CC1)CN(C)C2. The second kappa shape index (κ2) is 3.23. The first-order valence-corrected chi connectivity index (χ1v) is 5.30. The van der Waals surface area contributed by atoms with Crippen LogP contribution >= 0.6 is 0 Å². The lowest BCUT2D eigenvalue weighted by Gasteiger charge is -2.53. The van der Waals surface area contributed by atoms with Gasteiger partial charge in [0.2, 0.25) is 0 Å². The molecule has 3 heteroatoms. The lowest BCUT2D eigenvalue weighted by molar-refractivity contribution is -0.0380. The molecule has 0 aromatic rings. The van der Waals surface area contributed by atoms with Crippen molar-refractivity contribution in [3.05, 3.63) is 0 Å².